The van der Waals surface area contributed by atoms with Gasteiger partial charge in [0.1, 0.15) is 11.6 Å². The summed E-state index contributed by atoms with van der Waals surface area (Å²) in [5.74, 6) is -0.569. The number of amides is 3. The Morgan fingerprint density at radius 3 is 2.62 bits per heavy atom. The molecule has 6 rings (SSSR count). The lowest BCUT2D eigenvalue weighted by Crippen LogP contribution is -2.55. The number of nitrogens with one attached hydrogen (secondary N) is 1. The maximum absolute atomic E-state index is 13.1. The van der Waals surface area contributed by atoms with Crippen LogP contribution in [0.2, 0.25) is 0 Å². The van der Waals surface area contributed by atoms with Crippen LogP contribution < -0.4 is 5.32 Å². The van der Waals surface area contributed by atoms with Crippen molar-refractivity contribution in [2.75, 3.05) is 13.1 Å². The third kappa shape index (κ3) is 4.41. The molecule has 2 saturated heterocycles. The van der Waals surface area contributed by atoms with Crippen LogP contribution in [-0.2, 0) is 28.3 Å². The molecule has 39 heavy (non-hydrogen) atoms. The van der Waals surface area contributed by atoms with Crippen LogP contribution in [0.4, 0.5) is 0 Å². The largest absolute Gasteiger partial charge is 0.423 e. The Bertz CT molecular complexity index is 1440. The number of rotatable bonds is 5. The van der Waals surface area contributed by atoms with E-state index in [0.717, 1.165) is 17.7 Å². The highest BCUT2D eigenvalue weighted by atomic mass is 16.4. The van der Waals surface area contributed by atoms with E-state index >= 15 is 0 Å². The summed E-state index contributed by atoms with van der Waals surface area (Å²) in [4.78, 5) is 45.5. The van der Waals surface area contributed by atoms with Gasteiger partial charge in [0.25, 0.3) is 5.91 Å². The lowest BCUT2D eigenvalue weighted by molar-refractivity contribution is -0.137. The summed E-state index contributed by atoms with van der Waals surface area (Å²) in [6.07, 6.45) is 2.28. The predicted molar refractivity (Wildman–Crippen MR) is 138 cm³/mol. The number of benzene rings is 1. The molecule has 3 aliphatic heterocycles. The molecular formula is C28H30N6O5. The minimum atomic E-state index is -1.19. The molecule has 1 aromatic carbocycles. The van der Waals surface area contributed by atoms with Gasteiger partial charge in [0.2, 0.25) is 24.1 Å². The standard InChI is InChI=1S/C28H30N6O5/c1-27(2)15-33(13-17-3-5-18(6-4-17)25-32-29-16-39-25)12-11-28(27,38)22-9-7-19-20(30-22)14-34(26(19)37)21-8-10-23(35)31-24(21)36/h3-7,9,16,21,38H,8,10-15H2,1-2H3,(H,31,35,36). The molecule has 2 atom stereocenters. The number of pyridine rings is 1. The third-order valence-corrected chi connectivity index (χ3v) is 8.29. The molecule has 0 saturated carbocycles. The molecule has 2 N–H and O–H groups in total. The van der Waals surface area contributed by atoms with Crippen LogP contribution in [0.1, 0.15) is 60.4 Å². The quantitative estimate of drug-likeness (QED) is 0.474. The topological polar surface area (TPSA) is 142 Å². The van der Waals surface area contributed by atoms with Gasteiger partial charge in [-0.1, -0.05) is 26.0 Å². The number of fused-ring (bicyclic) bond motifs is 1. The zero-order valence-electron chi connectivity index (χ0n) is 21.9. The van der Waals surface area contributed by atoms with Crippen molar-refractivity contribution in [1.82, 2.24) is 30.3 Å². The second-order valence-electron chi connectivity index (χ2n) is 11.2. The molecule has 11 nitrogen and oxygen atoms in total. The summed E-state index contributed by atoms with van der Waals surface area (Å²) >= 11 is 0. The van der Waals surface area contributed by atoms with Gasteiger partial charge in [0.05, 0.1) is 23.5 Å². The molecule has 5 heterocycles. The molecule has 3 amide bonds. The number of aromatic nitrogens is 3. The monoisotopic (exact) mass is 530 g/mol. The third-order valence-electron chi connectivity index (χ3n) is 8.29. The molecule has 202 valence electrons. The number of carbonyl (C=O) groups excluding carboxylic acids is 3. The number of likely N-dealkylation sites (tertiary alicyclic amines) is 1. The Labute approximate surface area is 225 Å². The normalized spacial score (nSPS) is 25.1. The summed E-state index contributed by atoms with van der Waals surface area (Å²) in [6.45, 7) is 6.30. The lowest BCUT2D eigenvalue weighted by atomic mass is 9.68. The number of aliphatic hydroxyl groups is 1. The highest BCUT2D eigenvalue weighted by molar-refractivity contribution is 6.05. The molecule has 2 aromatic heterocycles. The first-order valence-electron chi connectivity index (χ1n) is 13.1. The van der Waals surface area contributed by atoms with Crippen molar-refractivity contribution in [3.63, 3.8) is 0 Å². The Morgan fingerprint density at radius 2 is 1.92 bits per heavy atom. The van der Waals surface area contributed by atoms with E-state index in [2.05, 4.69) is 20.4 Å². The van der Waals surface area contributed by atoms with Gasteiger partial charge in [-0.15, -0.1) is 10.2 Å². The van der Waals surface area contributed by atoms with Gasteiger partial charge in [-0.05, 0) is 42.7 Å². The smallest absolute Gasteiger partial charge is 0.256 e. The fourth-order valence-electron chi connectivity index (χ4n) is 6.01. The molecule has 2 unspecified atom stereocenters. The SMILES string of the molecule is CC1(C)CN(Cc2ccc(-c3nnco3)cc2)CCC1(O)c1ccc2c(n1)CN(C1CCC(=O)NC1=O)C2=O. The molecular weight excluding hydrogens is 500 g/mol. The van der Waals surface area contributed by atoms with Gasteiger partial charge in [0.15, 0.2) is 0 Å². The fourth-order valence-corrected chi connectivity index (χ4v) is 6.01. The van der Waals surface area contributed by atoms with Crippen LogP contribution in [0.5, 0.6) is 0 Å². The Morgan fingerprint density at radius 1 is 1.13 bits per heavy atom. The Hall–Kier alpha value is -3.96. The first kappa shape index (κ1) is 25.3. The zero-order valence-corrected chi connectivity index (χ0v) is 21.9. The van der Waals surface area contributed by atoms with E-state index in [4.69, 9.17) is 9.40 Å². The highest BCUT2D eigenvalue weighted by Crippen LogP contribution is 2.46. The van der Waals surface area contributed by atoms with Crippen LogP contribution in [0.3, 0.4) is 0 Å². The first-order chi connectivity index (χ1) is 18.6. The average Bonchev–Trinajstić information content (AvgIpc) is 3.55. The molecule has 3 aromatic rings. The number of hydrogen-bond donors (Lipinski definition) is 2. The molecule has 0 radical (unpaired) electrons. The Kier molecular flexibility index (Phi) is 6.07. The summed E-state index contributed by atoms with van der Waals surface area (Å²) in [5.41, 5.74) is 1.81. The molecule has 0 aliphatic carbocycles. The van der Waals surface area contributed by atoms with E-state index in [1.54, 1.807) is 12.1 Å². The number of imide groups is 1. The summed E-state index contributed by atoms with van der Waals surface area (Å²) in [7, 11) is 0. The molecule has 11 heteroatoms. The van der Waals surface area contributed by atoms with Crippen LogP contribution in [0, 0.1) is 5.41 Å². The van der Waals surface area contributed by atoms with Crippen molar-refractivity contribution in [3.05, 3.63) is 65.3 Å². The van der Waals surface area contributed by atoms with Crippen LogP contribution >= 0.6 is 0 Å². The maximum atomic E-state index is 13.1. The van der Waals surface area contributed by atoms with Crippen LogP contribution in [0.25, 0.3) is 11.5 Å². The van der Waals surface area contributed by atoms with Gasteiger partial charge < -0.3 is 14.4 Å². The van der Waals surface area contributed by atoms with Crippen molar-refractivity contribution in [1.29, 1.82) is 0 Å². The lowest BCUT2D eigenvalue weighted by Gasteiger charge is -2.50. The fraction of sp³-hybridized carbons (Fsp3) is 0.429. The second kappa shape index (κ2) is 9.35. The minimum Gasteiger partial charge on any atom is -0.423 e. The molecule has 0 bridgehead atoms. The Balaban J connectivity index is 1.16. The van der Waals surface area contributed by atoms with Crippen LogP contribution in [-0.4, -0.2) is 66.9 Å². The summed E-state index contributed by atoms with van der Waals surface area (Å²) < 4.78 is 5.26. The van der Waals surface area contributed by atoms with Gasteiger partial charge in [-0.25, -0.2) is 0 Å². The van der Waals surface area contributed by atoms with E-state index in [-0.39, 0.29) is 24.8 Å². The minimum absolute atomic E-state index is 0.177. The zero-order chi connectivity index (χ0) is 27.4. The maximum Gasteiger partial charge on any atom is 0.256 e. The number of hydrogen-bond acceptors (Lipinski definition) is 9. The van der Waals surface area contributed by atoms with E-state index in [0.29, 0.717) is 48.8 Å². The van der Waals surface area contributed by atoms with Gasteiger partial charge >= 0.3 is 0 Å². The second-order valence-corrected chi connectivity index (χ2v) is 11.2. The van der Waals surface area contributed by atoms with Gasteiger partial charge in [0, 0.05) is 37.0 Å². The number of carbonyl (C=O) groups is 3. The van der Waals surface area contributed by atoms with Crippen molar-refractivity contribution in [3.8, 4) is 11.5 Å². The van der Waals surface area contributed by atoms with Gasteiger partial charge in [-0.2, -0.15) is 0 Å². The molecule has 2 fully saturated rings. The average molecular weight is 531 g/mol. The summed E-state index contributed by atoms with van der Waals surface area (Å²) in [5, 5.41) is 22.0. The van der Waals surface area contributed by atoms with Crippen LogP contribution in [0.15, 0.2) is 47.2 Å². The van der Waals surface area contributed by atoms with E-state index in [1.165, 1.54) is 11.3 Å². The first-order valence-corrected chi connectivity index (χ1v) is 13.1. The predicted octanol–water partition coefficient (Wildman–Crippen LogP) is 2.01. The van der Waals surface area contributed by atoms with Crippen molar-refractivity contribution >= 4 is 17.7 Å². The van der Waals surface area contributed by atoms with E-state index in [1.807, 2.05) is 38.1 Å². The van der Waals surface area contributed by atoms with Gasteiger partial charge in [-0.3, -0.25) is 29.6 Å². The molecule has 0 spiro atoms. The number of nitrogens with zero attached hydrogens (tertiary/aromatic N) is 5. The highest BCUT2D eigenvalue weighted by Gasteiger charge is 2.50. The van der Waals surface area contributed by atoms with Crippen molar-refractivity contribution < 1.29 is 23.9 Å². The van der Waals surface area contributed by atoms with Crippen molar-refractivity contribution in [2.45, 2.75) is 57.8 Å². The molecule has 3 aliphatic rings. The van der Waals surface area contributed by atoms with E-state index < -0.39 is 23.0 Å². The van der Waals surface area contributed by atoms with E-state index in [9.17, 15) is 19.5 Å². The summed E-state index contributed by atoms with van der Waals surface area (Å²) in [6, 6.07) is 10.7. The van der Waals surface area contributed by atoms with Crippen molar-refractivity contribution in [2.24, 2.45) is 5.41 Å². The number of piperidine rings is 2.